The summed E-state index contributed by atoms with van der Waals surface area (Å²) >= 11 is 0. The van der Waals surface area contributed by atoms with Crippen molar-refractivity contribution in [3.63, 3.8) is 0 Å². The zero-order valence-electron chi connectivity index (χ0n) is 17.8. The maximum Gasteiger partial charge on any atom is 0.140 e. The number of pyridine rings is 2. The minimum atomic E-state index is -0.817. The van der Waals surface area contributed by atoms with Gasteiger partial charge in [0.15, 0.2) is 0 Å². The van der Waals surface area contributed by atoms with E-state index in [1.807, 2.05) is 54.7 Å². The zero-order valence-corrected chi connectivity index (χ0v) is 17.8. The second-order valence-corrected chi connectivity index (χ2v) is 7.55. The molecule has 6 heteroatoms. The first kappa shape index (κ1) is 19.8. The van der Waals surface area contributed by atoms with Crippen molar-refractivity contribution >= 4 is 11.9 Å². The number of hydrogen-bond donors (Lipinski definition) is 1. The van der Waals surface area contributed by atoms with Gasteiger partial charge < -0.3 is 15.2 Å². The van der Waals surface area contributed by atoms with E-state index in [4.69, 9.17) is 20.2 Å². The second-order valence-electron chi connectivity index (χ2n) is 7.55. The van der Waals surface area contributed by atoms with Crippen molar-refractivity contribution in [2.24, 2.45) is 4.99 Å². The average Bonchev–Trinajstić information content (AvgIpc) is 3.26. The van der Waals surface area contributed by atoms with Gasteiger partial charge in [-0.05, 0) is 47.0 Å². The van der Waals surface area contributed by atoms with Crippen molar-refractivity contribution in [1.82, 2.24) is 9.97 Å². The SMILES string of the molecule is COc1ccc(C2(c3cccc(-c4cncc(OC)c4)c3)N=Cc3nccc(N)c32)cc1. The minimum Gasteiger partial charge on any atom is -0.497 e. The Morgan fingerprint density at radius 2 is 1.62 bits per heavy atom. The number of rotatable bonds is 5. The minimum absolute atomic E-state index is 0.650. The van der Waals surface area contributed by atoms with Gasteiger partial charge in [-0.1, -0.05) is 30.3 Å². The number of nitrogens with two attached hydrogens (primary N) is 1. The second kappa shape index (κ2) is 7.81. The van der Waals surface area contributed by atoms with Crippen LogP contribution in [-0.2, 0) is 5.54 Å². The summed E-state index contributed by atoms with van der Waals surface area (Å²) in [6.07, 6.45) is 7.03. The van der Waals surface area contributed by atoms with Crippen LogP contribution in [0.4, 0.5) is 5.69 Å². The molecule has 5 rings (SSSR count). The summed E-state index contributed by atoms with van der Waals surface area (Å²) in [6.45, 7) is 0. The van der Waals surface area contributed by atoms with E-state index >= 15 is 0 Å². The normalized spacial score (nSPS) is 16.6. The van der Waals surface area contributed by atoms with Gasteiger partial charge in [0.2, 0.25) is 0 Å². The van der Waals surface area contributed by atoms with E-state index in [0.717, 1.165) is 39.3 Å². The highest BCUT2D eigenvalue weighted by molar-refractivity contribution is 5.89. The molecule has 3 heterocycles. The smallest absolute Gasteiger partial charge is 0.140 e. The number of nitrogen functional groups attached to an aromatic ring is 1. The van der Waals surface area contributed by atoms with Gasteiger partial charge in [0.05, 0.1) is 26.1 Å². The molecule has 0 fully saturated rings. The maximum atomic E-state index is 6.49. The maximum absolute atomic E-state index is 6.49. The molecule has 1 unspecified atom stereocenters. The van der Waals surface area contributed by atoms with Crippen LogP contribution < -0.4 is 15.2 Å². The number of fused-ring (bicyclic) bond motifs is 1. The van der Waals surface area contributed by atoms with Gasteiger partial charge in [0, 0.05) is 35.4 Å². The summed E-state index contributed by atoms with van der Waals surface area (Å²) in [4.78, 5) is 13.8. The predicted molar refractivity (Wildman–Crippen MR) is 125 cm³/mol. The van der Waals surface area contributed by atoms with Crippen molar-refractivity contribution in [1.29, 1.82) is 0 Å². The summed E-state index contributed by atoms with van der Waals surface area (Å²) < 4.78 is 10.7. The molecule has 0 spiro atoms. The highest BCUT2D eigenvalue weighted by atomic mass is 16.5. The van der Waals surface area contributed by atoms with Gasteiger partial charge in [0.25, 0.3) is 0 Å². The molecule has 4 aromatic rings. The lowest BCUT2D eigenvalue weighted by molar-refractivity contribution is 0.413. The van der Waals surface area contributed by atoms with Crippen molar-refractivity contribution in [3.8, 4) is 22.6 Å². The van der Waals surface area contributed by atoms with Gasteiger partial charge in [-0.3, -0.25) is 15.0 Å². The molecule has 0 bridgehead atoms. The molecule has 0 saturated carbocycles. The van der Waals surface area contributed by atoms with Crippen molar-refractivity contribution in [3.05, 3.63) is 102 Å². The first-order valence-electron chi connectivity index (χ1n) is 10.2. The zero-order chi connectivity index (χ0) is 22.1. The third-order valence-corrected chi connectivity index (χ3v) is 5.83. The van der Waals surface area contributed by atoms with Crippen LogP contribution in [0.2, 0.25) is 0 Å². The molecule has 158 valence electrons. The predicted octanol–water partition coefficient (Wildman–Crippen LogP) is 4.47. The molecule has 0 saturated heterocycles. The largest absolute Gasteiger partial charge is 0.497 e. The van der Waals surface area contributed by atoms with Gasteiger partial charge in [-0.15, -0.1) is 0 Å². The molecule has 32 heavy (non-hydrogen) atoms. The van der Waals surface area contributed by atoms with Gasteiger partial charge in [-0.25, -0.2) is 0 Å². The number of anilines is 1. The molecular formula is C26H22N4O2. The van der Waals surface area contributed by atoms with Crippen LogP contribution in [0.15, 0.2) is 84.2 Å². The van der Waals surface area contributed by atoms with Gasteiger partial charge in [-0.2, -0.15) is 0 Å². The first-order valence-corrected chi connectivity index (χ1v) is 10.2. The van der Waals surface area contributed by atoms with Gasteiger partial charge in [0.1, 0.15) is 17.0 Å². The molecule has 1 aliphatic rings. The van der Waals surface area contributed by atoms with Crippen LogP contribution in [0.25, 0.3) is 11.1 Å². The van der Waals surface area contributed by atoms with Gasteiger partial charge >= 0.3 is 0 Å². The van der Waals surface area contributed by atoms with E-state index in [2.05, 4.69) is 22.1 Å². The monoisotopic (exact) mass is 422 g/mol. The molecule has 0 radical (unpaired) electrons. The lowest BCUT2D eigenvalue weighted by atomic mass is 9.77. The Labute approximate surface area is 186 Å². The molecule has 0 amide bonds. The van der Waals surface area contributed by atoms with E-state index < -0.39 is 5.54 Å². The fourth-order valence-corrected chi connectivity index (χ4v) is 4.26. The number of hydrogen-bond acceptors (Lipinski definition) is 6. The van der Waals surface area contributed by atoms with E-state index in [1.165, 1.54) is 0 Å². The van der Waals surface area contributed by atoms with Crippen LogP contribution in [0, 0.1) is 0 Å². The number of nitrogens with zero attached hydrogens (tertiary/aromatic N) is 3. The summed E-state index contributed by atoms with van der Waals surface area (Å²) in [5, 5.41) is 0. The number of aromatic nitrogens is 2. The number of aliphatic imine (C=N–C) groups is 1. The van der Waals surface area contributed by atoms with Crippen LogP contribution >= 0.6 is 0 Å². The Morgan fingerprint density at radius 3 is 2.41 bits per heavy atom. The van der Waals surface area contributed by atoms with E-state index in [1.54, 1.807) is 32.8 Å². The molecule has 2 aromatic heterocycles. The molecule has 2 aromatic carbocycles. The number of ether oxygens (including phenoxy) is 2. The summed E-state index contributed by atoms with van der Waals surface area (Å²) in [5.74, 6) is 1.48. The number of methoxy groups -OCH3 is 2. The average molecular weight is 422 g/mol. The third kappa shape index (κ3) is 3.08. The molecular weight excluding hydrogens is 400 g/mol. The lowest BCUT2D eigenvalue weighted by Crippen LogP contribution is -2.26. The van der Waals surface area contributed by atoms with E-state index in [0.29, 0.717) is 11.4 Å². The highest BCUT2D eigenvalue weighted by Gasteiger charge is 2.42. The fourth-order valence-electron chi connectivity index (χ4n) is 4.26. The van der Waals surface area contributed by atoms with Crippen molar-refractivity contribution < 1.29 is 9.47 Å². The standard InChI is InChI=1S/C26H22N4O2/c1-31-21-8-6-19(7-9-21)26(25-23(27)10-11-29-24(25)16-30-26)20-5-3-4-17(12-20)18-13-22(32-2)15-28-14-18/h3-16H,1-2H3,(H2,27,29). The summed E-state index contributed by atoms with van der Waals surface area (Å²) in [5.41, 5.74) is 11.9. The summed E-state index contributed by atoms with van der Waals surface area (Å²) in [6, 6.07) is 20.0. The third-order valence-electron chi connectivity index (χ3n) is 5.83. The Morgan fingerprint density at radius 1 is 0.812 bits per heavy atom. The number of benzene rings is 2. The summed E-state index contributed by atoms with van der Waals surface area (Å²) in [7, 11) is 3.29. The van der Waals surface area contributed by atoms with Crippen LogP contribution in [0.1, 0.15) is 22.4 Å². The quantitative estimate of drug-likeness (QED) is 0.513. The molecule has 0 aliphatic carbocycles. The molecule has 2 N–H and O–H groups in total. The van der Waals surface area contributed by atoms with Crippen molar-refractivity contribution in [2.75, 3.05) is 20.0 Å². The molecule has 1 aliphatic heterocycles. The Balaban J connectivity index is 1.74. The lowest BCUT2D eigenvalue weighted by Gasteiger charge is -2.30. The van der Waals surface area contributed by atoms with Crippen molar-refractivity contribution in [2.45, 2.75) is 5.54 Å². The highest BCUT2D eigenvalue weighted by Crippen LogP contribution is 2.47. The Kier molecular flexibility index (Phi) is 4.82. The topological polar surface area (TPSA) is 82.6 Å². The Hall–Kier alpha value is -4.19. The van der Waals surface area contributed by atoms with E-state index in [9.17, 15) is 0 Å². The molecule has 6 nitrogen and oxygen atoms in total. The van der Waals surface area contributed by atoms with Crippen LogP contribution in [0.5, 0.6) is 11.5 Å². The first-order chi connectivity index (χ1) is 15.7. The van der Waals surface area contributed by atoms with E-state index in [-0.39, 0.29) is 0 Å². The van der Waals surface area contributed by atoms with Crippen LogP contribution in [0.3, 0.4) is 0 Å². The fraction of sp³-hybridized carbons (Fsp3) is 0.115. The van der Waals surface area contributed by atoms with Crippen LogP contribution in [-0.4, -0.2) is 30.4 Å². The Bertz CT molecular complexity index is 1320. The molecule has 1 atom stereocenters.